The van der Waals surface area contributed by atoms with E-state index in [4.69, 9.17) is 4.74 Å². The summed E-state index contributed by atoms with van der Waals surface area (Å²) in [6, 6.07) is 14.3. The molecule has 0 spiro atoms. The monoisotopic (exact) mass is 338 g/mol. The van der Waals surface area contributed by atoms with Gasteiger partial charge >= 0.3 is 0 Å². The molecule has 1 saturated heterocycles. The summed E-state index contributed by atoms with van der Waals surface area (Å²) in [6.45, 7) is 8.44. The molecule has 2 aromatic carbocycles. The van der Waals surface area contributed by atoms with E-state index in [2.05, 4.69) is 36.1 Å². The Morgan fingerprint density at radius 3 is 2.56 bits per heavy atom. The number of piperazine rings is 1. The molecule has 3 rings (SSSR count). The Bertz CT molecular complexity index is 772. The average Bonchev–Trinajstić information content (AvgIpc) is 2.59. The number of rotatable bonds is 4. The minimum absolute atomic E-state index is 0.128. The third kappa shape index (κ3) is 3.69. The van der Waals surface area contributed by atoms with E-state index in [0.717, 1.165) is 30.1 Å². The number of carbonyl (C=O) groups excluding carboxylic acids is 1. The van der Waals surface area contributed by atoms with Gasteiger partial charge in [-0.05, 0) is 44.0 Å². The summed E-state index contributed by atoms with van der Waals surface area (Å²) < 4.78 is 5.47. The Morgan fingerprint density at radius 1 is 1.08 bits per heavy atom. The van der Waals surface area contributed by atoms with Crippen LogP contribution in [0.25, 0.3) is 0 Å². The van der Waals surface area contributed by atoms with Gasteiger partial charge in [0.05, 0.1) is 18.8 Å². The molecule has 4 nitrogen and oxygen atoms in total. The van der Waals surface area contributed by atoms with E-state index in [-0.39, 0.29) is 11.9 Å². The second kappa shape index (κ2) is 7.28. The molecule has 1 atom stereocenters. The van der Waals surface area contributed by atoms with Crippen molar-refractivity contribution in [3.05, 3.63) is 59.2 Å². The largest absolute Gasteiger partial charge is 0.495 e. The van der Waals surface area contributed by atoms with Gasteiger partial charge in [-0.25, -0.2) is 0 Å². The van der Waals surface area contributed by atoms with Crippen LogP contribution in [-0.2, 0) is 11.3 Å². The van der Waals surface area contributed by atoms with Crippen LogP contribution in [-0.4, -0.2) is 37.0 Å². The van der Waals surface area contributed by atoms with E-state index >= 15 is 0 Å². The molecule has 0 N–H and O–H groups in total. The van der Waals surface area contributed by atoms with E-state index in [9.17, 15) is 4.79 Å². The quantitative estimate of drug-likeness (QED) is 0.855. The minimum atomic E-state index is -0.153. The molecule has 132 valence electrons. The maximum absolute atomic E-state index is 13.0. The highest BCUT2D eigenvalue weighted by molar-refractivity contribution is 5.99. The predicted octanol–water partition coefficient (Wildman–Crippen LogP) is 3.55. The molecular weight excluding hydrogens is 312 g/mol. The van der Waals surface area contributed by atoms with Crippen molar-refractivity contribution in [3.63, 3.8) is 0 Å². The van der Waals surface area contributed by atoms with Crippen molar-refractivity contribution in [2.24, 2.45) is 0 Å². The summed E-state index contributed by atoms with van der Waals surface area (Å²) in [7, 11) is 1.65. The molecule has 25 heavy (non-hydrogen) atoms. The Morgan fingerprint density at radius 2 is 1.84 bits per heavy atom. The van der Waals surface area contributed by atoms with Crippen LogP contribution in [0.15, 0.2) is 42.5 Å². The molecule has 1 aliphatic rings. The number of methoxy groups -OCH3 is 1. The topological polar surface area (TPSA) is 32.8 Å². The Kier molecular flexibility index (Phi) is 5.09. The molecule has 1 heterocycles. The van der Waals surface area contributed by atoms with Crippen LogP contribution >= 0.6 is 0 Å². The first kappa shape index (κ1) is 17.5. The van der Waals surface area contributed by atoms with Gasteiger partial charge in [0.2, 0.25) is 5.91 Å². The van der Waals surface area contributed by atoms with Gasteiger partial charge in [0.25, 0.3) is 0 Å². The van der Waals surface area contributed by atoms with E-state index in [0.29, 0.717) is 6.54 Å². The van der Waals surface area contributed by atoms with Crippen LogP contribution in [0.1, 0.15) is 23.6 Å². The number of aryl methyl sites for hydroxylation is 2. The zero-order valence-corrected chi connectivity index (χ0v) is 15.5. The fourth-order valence-corrected chi connectivity index (χ4v) is 3.43. The molecule has 0 saturated carbocycles. The van der Waals surface area contributed by atoms with Crippen molar-refractivity contribution >= 4 is 11.6 Å². The van der Waals surface area contributed by atoms with Crippen LogP contribution < -0.4 is 9.64 Å². The van der Waals surface area contributed by atoms with E-state index in [1.54, 1.807) is 7.11 Å². The lowest BCUT2D eigenvalue weighted by molar-refractivity contribution is -0.125. The highest BCUT2D eigenvalue weighted by Crippen LogP contribution is 2.31. The second-order valence-corrected chi connectivity index (χ2v) is 6.80. The van der Waals surface area contributed by atoms with Crippen LogP contribution in [0.4, 0.5) is 5.69 Å². The summed E-state index contributed by atoms with van der Waals surface area (Å²) >= 11 is 0. The first-order chi connectivity index (χ1) is 12.0. The first-order valence-electron chi connectivity index (χ1n) is 8.75. The molecule has 1 fully saturated rings. The van der Waals surface area contributed by atoms with Crippen LogP contribution in [0.3, 0.4) is 0 Å². The van der Waals surface area contributed by atoms with Crippen molar-refractivity contribution < 1.29 is 9.53 Å². The molecule has 1 amide bonds. The van der Waals surface area contributed by atoms with Crippen LogP contribution in [0.5, 0.6) is 5.75 Å². The van der Waals surface area contributed by atoms with Gasteiger partial charge in [-0.1, -0.05) is 35.9 Å². The highest BCUT2D eigenvalue weighted by atomic mass is 16.5. The molecular formula is C21H26N2O2. The number of benzene rings is 2. The lowest BCUT2D eigenvalue weighted by Gasteiger charge is -2.39. The Balaban J connectivity index is 1.79. The third-order valence-electron chi connectivity index (χ3n) is 4.88. The molecule has 1 unspecified atom stereocenters. The van der Waals surface area contributed by atoms with Crippen LogP contribution in [0, 0.1) is 13.8 Å². The van der Waals surface area contributed by atoms with Gasteiger partial charge in [0.15, 0.2) is 0 Å². The fourth-order valence-electron chi connectivity index (χ4n) is 3.43. The van der Waals surface area contributed by atoms with Gasteiger partial charge in [0.1, 0.15) is 5.75 Å². The number of amides is 1. The summed E-state index contributed by atoms with van der Waals surface area (Å²) in [4.78, 5) is 17.1. The molecule has 0 aromatic heterocycles. The lowest BCUT2D eigenvalue weighted by atomic mass is 10.1. The van der Waals surface area contributed by atoms with E-state index in [1.165, 1.54) is 11.1 Å². The predicted molar refractivity (Wildman–Crippen MR) is 101 cm³/mol. The second-order valence-electron chi connectivity index (χ2n) is 6.80. The molecule has 2 aromatic rings. The Hall–Kier alpha value is -2.33. The van der Waals surface area contributed by atoms with Gasteiger partial charge in [-0.15, -0.1) is 0 Å². The third-order valence-corrected chi connectivity index (χ3v) is 4.88. The summed E-state index contributed by atoms with van der Waals surface area (Å²) in [5.74, 6) is 0.876. The summed E-state index contributed by atoms with van der Waals surface area (Å²) in [5.41, 5.74) is 4.49. The SMILES string of the molecule is COc1ccc(C)cc1N1CCN(Cc2cccc(C)c2)C(C)C1=O. The van der Waals surface area contributed by atoms with Crippen LogP contribution in [0.2, 0.25) is 0 Å². The number of hydrogen-bond acceptors (Lipinski definition) is 3. The van der Waals surface area contributed by atoms with Gasteiger partial charge in [-0.3, -0.25) is 9.69 Å². The fraction of sp³-hybridized carbons (Fsp3) is 0.381. The molecule has 0 aliphatic carbocycles. The maximum atomic E-state index is 13.0. The van der Waals surface area contributed by atoms with Gasteiger partial charge in [-0.2, -0.15) is 0 Å². The average molecular weight is 338 g/mol. The summed E-state index contributed by atoms with van der Waals surface area (Å²) in [5, 5.41) is 0. The standard InChI is InChI=1S/C21H26N2O2/c1-15-6-5-7-18(12-15)14-22-10-11-23(21(24)17(22)3)19-13-16(2)8-9-20(19)25-4/h5-9,12-13,17H,10-11,14H2,1-4H3. The molecule has 4 heteroatoms. The van der Waals surface area contributed by atoms with Crippen molar-refractivity contribution in [2.45, 2.75) is 33.4 Å². The first-order valence-corrected chi connectivity index (χ1v) is 8.75. The van der Waals surface area contributed by atoms with Gasteiger partial charge in [0, 0.05) is 19.6 Å². The van der Waals surface area contributed by atoms with Crippen molar-refractivity contribution in [1.29, 1.82) is 0 Å². The summed E-state index contributed by atoms with van der Waals surface area (Å²) in [6.07, 6.45) is 0. The van der Waals surface area contributed by atoms with Gasteiger partial charge < -0.3 is 9.64 Å². The van der Waals surface area contributed by atoms with Crippen molar-refractivity contribution in [1.82, 2.24) is 4.90 Å². The normalized spacial score (nSPS) is 18.5. The number of nitrogens with zero attached hydrogens (tertiary/aromatic N) is 2. The van der Waals surface area contributed by atoms with E-state index < -0.39 is 0 Å². The smallest absolute Gasteiger partial charge is 0.244 e. The van der Waals surface area contributed by atoms with Crippen molar-refractivity contribution in [3.8, 4) is 5.75 Å². The molecule has 0 radical (unpaired) electrons. The minimum Gasteiger partial charge on any atom is -0.495 e. The number of hydrogen-bond donors (Lipinski definition) is 0. The highest BCUT2D eigenvalue weighted by Gasteiger charge is 2.33. The maximum Gasteiger partial charge on any atom is 0.244 e. The molecule has 0 bridgehead atoms. The lowest BCUT2D eigenvalue weighted by Crippen LogP contribution is -2.55. The Labute approximate surface area is 150 Å². The zero-order valence-electron chi connectivity index (χ0n) is 15.5. The van der Waals surface area contributed by atoms with E-state index in [1.807, 2.05) is 36.9 Å². The molecule has 1 aliphatic heterocycles. The van der Waals surface area contributed by atoms with Crippen molar-refractivity contribution in [2.75, 3.05) is 25.1 Å². The zero-order chi connectivity index (χ0) is 18.0. The number of carbonyl (C=O) groups is 1. The number of ether oxygens (including phenoxy) is 1. The number of anilines is 1.